The number of hydrogen-bond acceptors (Lipinski definition) is 2. The van der Waals surface area contributed by atoms with Gasteiger partial charge in [-0.3, -0.25) is 0 Å². The minimum atomic E-state index is -0.593. The molecule has 0 radical (unpaired) electrons. The topological polar surface area (TPSA) is 21.6 Å². The fourth-order valence-corrected chi connectivity index (χ4v) is 2.22. The summed E-state index contributed by atoms with van der Waals surface area (Å²) < 4.78 is 25.8. The molecule has 0 saturated heterocycles. The van der Waals surface area contributed by atoms with E-state index in [1.54, 1.807) is 0 Å². The largest absolute Gasteiger partial charge is 0.391 e. The highest BCUT2D eigenvalue weighted by Gasteiger charge is 2.10. The lowest BCUT2D eigenvalue weighted by molar-refractivity contribution is 0.129. The smallest absolute Gasteiger partial charge is 0.142 e. The minimum absolute atomic E-state index is 0.0951. The lowest BCUT2D eigenvalue weighted by Gasteiger charge is -2.16. The van der Waals surface area contributed by atoms with Crippen LogP contribution in [0.15, 0.2) is 23.4 Å². The molecular weight excluding hydrogens is 236 g/mol. The van der Waals surface area contributed by atoms with Crippen LogP contribution in [0, 0.1) is 17.6 Å². The average molecular weight is 253 g/mol. The van der Waals surface area contributed by atoms with E-state index < -0.39 is 11.6 Å². The maximum Gasteiger partial charge on any atom is 0.142 e. The Kier molecular flexibility index (Phi) is 4.67. The third kappa shape index (κ3) is 4.09. The molecule has 1 aliphatic carbocycles. The predicted molar refractivity (Wildman–Crippen MR) is 66.2 cm³/mol. The molecule has 1 aromatic carbocycles. The van der Waals surface area contributed by atoms with Crippen molar-refractivity contribution in [3.63, 3.8) is 0 Å². The SMILES string of the molecule is Fc1cc(F)cc(CON=CC2CCCCC2)c1. The van der Waals surface area contributed by atoms with E-state index in [-0.39, 0.29) is 6.61 Å². The Morgan fingerprint density at radius 3 is 2.44 bits per heavy atom. The first-order chi connectivity index (χ1) is 8.74. The first-order valence-corrected chi connectivity index (χ1v) is 6.34. The maximum absolute atomic E-state index is 12.9. The van der Waals surface area contributed by atoms with Gasteiger partial charge in [0.05, 0.1) is 0 Å². The molecule has 1 aliphatic rings. The Balaban J connectivity index is 1.78. The molecule has 0 heterocycles. The molecule has 4 heteroatoms. The maximum atomic E-state index is 12.9. The standard InChI is InChI=1S/C14H17F2NO/c15-13-6-12(7-14(16)8-13)10-18-17-9-11-4-2-1-3-5-11/h6-9,11H,1-5,10H2. The molecule has 2 rings (SSSR count). The summed E-state index contributed by atoms with van der Waals surface area (Å²) >= 11 is 0. The fourth-order valence-electron chi connectivity index (χ4n) is 2.22. The zero-order valence-electron chi connectivity index (χ0n) is 10.2. The molecule has 0 N–H and O–H groups in total. The van der Waals surface area contributed by atoms with Crippen LogP contribution in [-0.2, 0) is 11.4 Å². The van der Waals surface area contributed by atoms with Gasteiger partial charge < -0.3 is 4.84 Å². The quantitative estimate of drug-likeness (QED) is 0.586. The number of rotatable bonds is 4. The van der Waals surface area contributed by atoms with Gasteiger partial charge in [0.15, 0.2) is 0 Å². The molecule has 0 aromatic heterocycles. The molecule has 0 atom stereocenters. The van der Waals surface area contributed by atoms with Crippen LogP contribution in [0.5, 0.6) is 0 Å². The second-order valence-corrected chi connectivity index (χ2v) is 4.70. The van der Waals surface area contributed by atoms with Crippen molar-refractivity contribution in [2.45, 2.75) is 38.7 Å². The van der Waals surface area contributed by atoms with Gasteiger partial charge in [0.25, 0.3) is 0 Å². The third-order valence-electron chi connectivity index (χ3n) is 3.15. The molecule has 0 amide bonds. The fraction of sp³-hybridized carbons (Fsp3) is 0.500. The molecule has 0 aliphatic heterocycles. The number of hydrogen-bond donors (Lipinski definition) is 0. The van der Waals surface area contributed by atoms with Crippen molar-refractivity contribution < 1.29 is 13.6 Å². The third-order valence-corrected chi connectivity index (χ3v) is 3.15. The van der Waals surface area contributed by atoms with Crippen LogP contribution in [-0.4, -0.2) is 6.21 Å². The minimum Gasteiger partial charge on any atom is -0.391 e. The normalized spacial score (nSPS) is 17.2. The van der Waals surface area contributed by atoms with Gasteiger partial charge >= 0.3 is 0 Å². The van der Waals surface area contributed by atoms with Gasteiger partial charge in [-0.25, -0.2) is 8.78 Å². The average Bonchev–Trinajstić information content (AvgIpc) is 2.35. The van der Waals surface area contributed by atoms with Crippen molar-refractivity contribution in [1.82, 2.24) is 0 Å². The van der Waals surface area contributed by atoms with Gasteiger partial charge in [0.2, 0.25) is 0 Å². The van der Waals surface area contributed by atoms with Crippen molar-refractivity contribution in [3.05, 3.63) is 35.4 Å². The van der Waals surface area contributed by atoms with Crippen molar-refractivity contribution in [3.8, 4) is 0 Å². The number of halogens is 2. The summed E-state index contributed by atoms with van der Waals surface area (Å²) in [7, 11) is 0. The van der Waals surface area contributed by atoms with Gasteiger partial charge in [-0.15, -0.1) is 0 Å². The van der Waals surface area contributed by atoms with Gasteiger partial charge in [0, 0.05) is 12.3 Å². The summed E-state index contributed by atoms with van der Waals surface area (Å²) in [4.78, 5) is 5.07. The molecule has 2 nitrogen and oxygen atoms in total. The lowest BCUT2D eigenvalue weighted by Crippen LogP contribution is -2.07. The second-order valence-electron chi connectivity index (χ2n) is 4.70. The van der Waals surface area contributed by atoms with Gasteiger partial charge in [-0.05, 0) is 36.5 Å². The number of nitrogens with zero attached hydrogens (tertiary/aromatic N) is 1. The van der Waals surface area contributed by atoms with Crippen molar-refractivity contribution in [1.29, 1.82) is 0 Å². The number of benzene rings is 1. The molecule has 18 heavy (non-hydrogen) atoms. The van der Waals surface area contributed by atoms with Crippen LogP contribution in [0.25, 0.3) is 0 Å². The Morgan fingerprint density at radius 2 is 1.78 bits per heavy atom. The van der Waals surface area contributed by atoms with Crippen molar-refractivity contribution >= 4 is 6.21 Å². The van der Waals surface area contributed by atoms with Gasteiger partial charge in [0.1, 0.15) is 18.2 Å². The molecule has 1 aromatic rings. The highest BCUT2D eigenvalue weighted by Crippen LogP contribution is 2.21. The van der Waals surface area contributed by atoms with E-state index in [1.165, 1.54) is 31.4 Å². The van der Waals surface area contributed by atoms with Crippen molar-refractivity contribution in [2.24, 2.45) is 11.1 Å². The molecule has 0 spiro atoms. The lowest BCUT2D eigenvalue weighted by atomic mass is 9.90. The first-order valence-electron chi connectivity index (χ1n) is 6.34. The molecule has 0 bridgehead atoms. The van der Waals surface area contributed by atoms with Crippen molar-refractivity contribution in [2.75, 3.05) is 0 Å². The van der Waals surface area contributed by atoms with E-state index in [0.717, 1.165) is 18.9 Å². The van der Waals surface area contributed by atoms with E-state index in [1.807, 2.05) is 6.21 Å². The molecule has 98 valence electrons. The first kappa shape index (κ1) is 13.0. The summed E-state index contributed by atoms with van der Waals surface area (Å²) in [5.41, 5.74) is 0.452. The van der Waals surface area contributed by atoms with Gasteiger partial charge in [-0.2, -0.15) is 0 Å². The molecule has 1 saturated carbocycles. The van der Waals surface area contributed by atoms with Crippen LogP contribution in [0.2, 0.25) is 0 Å². The Morgan fingerprint density at radius 1 is 1.11 bits per heavy atom. The van der Waals surface area contributed by atoms with Crippen LogP contribution in [0.3, 0.4) is 0 Å². The number of oxime groups is 1. The van der Waals surface area contributed by atoms with Crippen LogP contribution < -0.4 is 0 Å². The zero-order chi connectivity index (χ0) is 12.8. The molecule has 0 unspecified atom stereocenters. The summed E-state index contributed by atoms with van der Waals surface area (Å²) in [6.07, 6.45) is 7.91. The van der Waals surface area contributed by atoms with Crippen LogP contribution >= 0.6 is 0 Å². The summed E-state index contributed by atoms with van der Waals surface area (Å²) in [6.45, 7) is 0.0951. The van der Waals surface area contributed by atoms with E-state index >= 15 is 0 Å². The van der Waals surface area contributed by atoms with Crippen LogP contribution in [0.1, 0.15) is 37.7 Å². The zero-order valence-corrected chi connectivity index (χ0v) is 10.2. The highest BCUT2D eigenvalue weighted by atomic mass is 19.1. The Labute approximate surface area is 106 Å². The van der Waals surface area contributed by atoms with Crippen LogP contribution in [0.4, 0.5) is 8.78 Å². The monoisotopic (exact) mass is 253 g/mol. The predicted octanol–water partition coefficient (Wildman–Crippen LogP) is 4.05. The summed E-state index contributed by atoms with van der Waals surface area (Å²) in [5, 5.41) is 3.88. The van der Waals surface area contributed by atoms with E-state index in [0.29, 0.717) is 11.5 Å². The van der Waals surface area contributed by atoms with E-state index in [9.17, 15) is 8.78 Å². The van der Waals surface area contributed by atoms with E-state index in [4.69, 9.17) is 4.84 Å². The Bertz CT molecular complexity index is 394. The summed E-state index contributed by atoms with van der Waals surface area (Å²) in [5.74, 6) is -0.697. The second kappa shape index (κ2) is 6.47. The highest BCUT2D eigenvalue weighted by molar-refractivity contribution is 5.59. The molecule has 1 fully saturated rings. The summed E-state index contributed by atoms with van der Waals surface area (Å²) in [6, 6.07) is 3.34. The van der Waals surface area contributed by atoms with E-state index in [2.05, 4.69) is 5.16 Å². The molecular formula is C14H17F2NO. The Hall–Kier alpha value is -1.45. The van der Waals surface area contributed by atoms with Gasteiger partial charge in [-0.1, -0.05) is 24.4 Å².